The molecule has 2 aromatic rings. The van der Waals surface area contributed by atoms with Gasteiger partial charge in [0.25, 0.3) is 0 Å². The number of hydrogen-bond acceptors (Lipinski definition) is 7. The second-order valence-electron chi connectivity index (χ2n) is 20.5. The number of ether oxygens (including phenoxy) is 3. The van der Waals surface area contributed by atoms with E-state index in [2.05, 4.69) is 57.7 Å². The summed E-state index contributed by atoms with van der Waals surface area (Å²) in [6, 6.07) is 8.39. The van der Waals surface area contributed by atoms with Gasteiger partial charge in [0.15, 0.2) is 0 Å². The summed E-state index contributed by atoms with van der Waals surface area (Å²) in [5.41, 5.74) is 2.95. The van der Waals surface area contributed by atoms with E-state index in [1.54, 1.807) is 13.0 Å². The Kier molecular flexibility index (Phi) is 12.7. The monoisotopic (exact) mass is 792 g/mol. The highest BCUT2D eigenvalue weighted by atomic mass is 16.5. The van der Waals surface area contributed by atoms with Crippen molar-refractivity contribution in [1.82, 2.24) is 0 Å². The quantitative estimate of drug-likeness (QED) is 0.123. The van der Waals surface area contributed by atoms with E-state index < -0.39 is 34.7 Å². The summed E-state index contributed by atoms with van der Waals surface area (Å²) in [5, 5.41) is 1.97. The van der Waals surface area contributed by atoms with Crippen molar-refractivity contribution in [2.45, 2.75) is 158 Å². The number of hydrogen-bond donors (Lipinski definition) is 0. The second-order valence-corrected chi connectivity index (χ2v) is 20.5. The van der Waals surface area contributed by atoms with E-state index in [9.17, 15) is 19.2 Å². The van der Waals surface area contributed by atoms with Crippen molar-refractivity contribution >= 4 is 39.7 Å². The Morgan fingerprint density at radius 2 is 1.62 bits per heavy atom. The smallest absolute Gasteiger partial charge is 0.306 e. The molecule has 6 atom stereocenters. The molecule has 0 aromatic heterocycles. The largest absolute Gasteiger partial charge is 0.490 e. The molecule has 0 N–H and O–H groups in total. The van der Waals surface area contributed by atoms with E-state index >= 15 is 0 Å². The zero-order chi connectivity index (χ0) is 42.3. The van der Waals surface area contributed by atoms with Gasteiger partial charge in [-0.1, -0.05) is 58.4 Å². The van der Waals surface area contributed by atoms with Gasteiger partial charge < -0.3 is 14.2 Å². The number of rotatable bonds is 16. The van der Waals surface area contributed by atoms with E-state index in [4.69, 9.17) is 14.2 Å². The van der Waals surface area contributed by atoms with Gasteiger partial charge in [0.1, 0.15) is 46.7 Å². The highest BCUT2D eigenvalue weighted by Crippen LogP contribution is 2.58. The molecule has 314 valence electrons. The molecule has 0 heterocycles. The predicted molar refractivity (Wildman–Crippen MR) is 232 cm³/mol. The topological polar surface area (TPSA) is 96.0 Å². The molecule has 7 heteroatoms. The van der Waals surface area contributed by atoms with Crippen molar-refractivity contribution in [3.8, 4) is 11.5 Å². The molecule has 2 aromatic carbocycles. The Hall–Kier alpha value is -4.00. The van der Waals surface area contributed by atoms with Crippen LogP contribution in [0.2, 0.25) is 0 Å². The van der Waals surface area contributed by atoms with Gasteiger partial charge in [-0.3, -0.25) is 19.2 Å². The van der Waals surface area contributed by atoms with Crippen LogP contribution in [0.1, 0.15) is 144 Å². The van der Waals surface area contributed by atoms with Crippen molar-refractivity contribution < 1.29 is 33.4 Å². The van der Waals surface area contributed by atoms with Gasteiger partial charge in [-0.2, -0.15) is 0 Å². The summed E-state index contributed by atoms with van der Waals surface area (Å²) in [6.45, 7) is 24.1. The van der Waals surface area contributed by atoms with Gasteiger partial charge >= 0.3 is 5.97 Å². The fourth-order valence-electron chi connectivity index (χ4n) is 9.93. The third-order valence-corrected chi connectivity index (χ3v) is 13.2. The fraction of sp³-hybridized carbons (Fsp3) is 0.608. The molecule has 3 fully saturated rings. The van der Waals surface area contributed by atoms with Crippen molar-refractivity contribution in [3.05, 3.63) is 65.8 Å². The minimum Gasteiger partial charge on any atom is -0.490 e. The third-order valence-electron chi connectivity index (χ3n) is 13.2. The molecule has 3 saturated carbocycles. The van der Waals surface area contributed by atoms with Crippen LogP contribution in [0.15, 0.2) is 54.6 Å². The number of carbonyl (C=O) groups excluding carboxylic acids is 4. The number of aryl methyl sites for hydroxylation is 1. The zero-order valence-electron chi connectivity index (χ0n) is 36.9. The van der Waals surface area contributed by atoms with Gasteiger partial charge in [0, 0.05) is 35.0 Å². The number of carbonyl (C=O) groups is 4. The maximum atomic E-state index is 14.9. The molecule has 4 aliphatic rings. The van der Waals surface area contributed by atoms with Crippen molar-refractivity contribution in [2.75, 3.05) is 0 Å². The Morgan fingerprint density at radius 1 is 0.931 bits per heavy atom. The summed E-state index contributed by atoms with van der Waals surface area (Å²) < 4.78 is 19.3. The third kappa shape index (κ3) is 9.71. The number of benzene rings is 2. The average Bonchev–Trinajstić information content (AvgIpc) is 3.54. The van der Waals surface area contributed by atoms with Gasteiger partial charge in [-0.25, -0.2) is 0 Å². The van der Waals surface area contributed by atoms with Crippen molar-refractivity contribution in [3.63, 3.8) is 0 Å². The summed E-state index contributed by atoms with van der Waals surface area (Å²) in [4.78, 5) is 55.8. The zero-order valence-corrected chi connectivity index (χ0v) is 36.9. The molecule has 0 amide bonds. The molecule has 0 aliphatic heterocycles. The second kappa shape index (κ2) is 16.9. The number of allylic oxidation sites excluding steroid dienone is 5. The van der Waals surface area contributed by atoms with Crippen LogP contribution in [0.5, 0.6) is 11.5 Å². The molecular weight excluding hydrogens is 725 g/mol. The molecule has 4 aliphatic carbocycles. The summed E-state index contributed by atoms with van der Waals surface area (Å²) >= 11 is 0. The van der Waals surface area contributed by atoms with Crippen LogP contribution in [0.4, 0.5) is 0 Å². The molecule has 0 bridgehead atoms. The lowest BCUT2D eigenvalue weighted by Crippen LogP contribution is -2.39. The Labute approximate surface area is 347 Å². The molecule has 7 nitrogen and oxygen atoms in total. The van der Waals surface area contributed by atoms with Crippen LogP contribution < -0.4 is 9.47 Å². The molecule has 0 radical (unpaired) electrons. The van der Waals surface area contributed by atoms with Gasteiger partial charge in [0.05, 0.1) is 6.42 Å². The normalized spacial score (nSPS) is 25.4. The maximum absolute atomic E-state index is 14.9. The number of fused-ring (bicyclic) bond motifs is 1. The molecule has 0 saturated heterocycles. The number of Topliss-reactive ketones (excluding diaryl/α,β-unsaturated/α-hetero) is 3. The van der Waals surface area contributed by atoms with Gasteiger partial charge in [-0.15, -0.1) is 6.58 Å². The Bertz CT molecular complexity index is 1990. The lowest BCUT2D eigenvalue weighted by molar-refractivity contribution is -0.154. The van der Waals surface area contributed by atoms with E-state index in [1.165, 1.54) is 5.57 Å². The number of esters is 1. The predicted octanol–water partition coefficient (Wildman–Crippen LogP) is 11.7. The summed E-state index contributed by atoms with van der Waals surface area (Å²) in [6.07, 6.45) is 12.9. The van der Waals surface area contributed by atoms with Gasteiger partial charge in [-0.05, 0) is 156 Å². The first-order valence-electron chi connectivity index (χ1n) is 21.9. The molecular formula is C51H68O7. The van der Waals surface area contributed by atoms with Crippen LogP contribution >= 0.6 is 0 Å². The van der Waals surface area contributed by atoms with E-state index in [0.717, 1.165) is 71.7 Å². The first-order chi connectivity index (χ1) is 27.2. The van der Waals surface area contributed by atoms with Crippen molar-refractivity contribution in [2.24, 2.45) is 40.4 Å². The SMILES string of the molecule is C=CC1CC1(CC(=O)C1CC(Oc2cc(C3=CCC(CC(C)C)=C3)cc3c(C)c(OC(C)(C)C)ccc23)CC1C(=O)C(CC(=O)OC1CCCC1)C(C)(C)C)C(C)=O. The average molecular weight is 793 g/mol. The lowest BCUT2D eigenvalue weighted by atomic mass is 9.70. The number of ketones is 3. The van der Waals surface area contributed by atoms with Crippen LogP contribution in [0.3, 0.4) is 0 Å². The van der Waals surface area contributed by atoms with Gasteiger partial charge in [0.2, 0.25) is 0 Å². The first-order valence-corrected chi connectivity index (χ1v) is 21.9. The summed E-state index contributed by atoms with van der Waals surface area (Å²) in [7, 11) is 0. The van der Waals surface area contributed by atoms with Crippen LogP contribution in [-0.2, 0) is 23.9 Å². The minimum atomic E-state index is -0.758. The van der Waals surface area contributed by atoms with E-state index in [1.807, 2.05) is 47.6 Å². The lowest BCUT2D eigenvalue weighted by Gasteiger charge is -2.32. The Balaban J connectivity index is 1.36. The molecule has 6 unspecified atom stereocenters. The molecule has 0 spiro atoms. The van der Waals surface area contributed by atoms with E-state index in [0.29, 0.717) is 30.9 Å². The van der Waals surface area contributed by atoms with Crippen LogP contribution in [-0.4, -0.2) is 41.1 Å². The maximum Gasteiger partial charge on any atom is 0.306 e. The Morgan fingerprint density at radius 3 is 2.22 bits per heavy atom. The van der Waals surface area contributed by atoms with Crippen LogP contribution in [0.25, 0.3) is 16.3 Å². The molecule has 58 heavy (non-hydrogen) atoms. The fourth-order valence-corrected chi connectivity index (χ4v) is 9.93. The first kappa shape index (κ1) is 43.6. The highest BCUT2D eigenvalue weighted by molar-refractivity contribution is 5.98. The molecule has 6 rings (SSSR count). The minimum absolute atomic E-state index is 0.0121. The van der Waals surface area contributed by atoms with Crippen molar-refractivity contribution in [1.29, 1.82) is 0 Å². The standard InChI is InChI=1S/C51H68O7/c1-12-36-28-51(36,32(5)52)29-44(53)41-25-38(26-42(41)48(55)43(49(6,7)8)27-47(54)57-37-15-13-14-16-37)56-46-24-35(34-18-17-33(22-34)21-30(2)3)23-40-31(4)45(20-19-39(40)46)58-50(9,10)11/h12,18-20,22-24,30,36-38,41-43H,1,13-17,21,25-29H2,2-11H3. The van der Waals surface area contributed by atoms with E-state index in [-0.39, 0.29) is 53.8 Å². The van der Waals surface area contributed by atoms with Crippen LogP contribution in [0, 0.1) is 47.3 Å². The summed E-state index contributed by atoms with van der Waals surface area (Å²) in [5.74, 6) is -0.445. The highest BCUT2D eigenvalue weighted by Gasteiger charge is 2.59.